The monoisotopic (exact) mass is 472 g/mol. The number of pyridine rings is 2. The average molecular weight is 473 g/mol. The lowest BCUT2D eigenvalue weighted by Crippen LogP contribution is -2.22. The number of aliphatic hydroxyl groups is 1. The fourth-order valence-corrected chi connectivity index (χ4v) is 4.57. The van der Waals surface area contributed by atoms with E-state index < -0.39 is 11.6 Å². The summed E-state index contributed by atoms with van der Waals surface area (Å²) in [4.78, 5) is 20.2. The predicted octanol–water partition coefficient (Wildman–Crippen LogP) is 4.59. The van der Waals surface area contributed by atoms with E-state index in [0.29, 0.717) is 43.4 Å². The molecule has 0 bridgehead atoms. The number of hydrogen-bond donors (Lipinski definition) is 2. The van der Waals surface area contributed by atoms with Crippen LogP contribution in [-0.4, -0.2) is 38.4 Å². The van der Waals surface area contributed by atoms with E-state index in [1.807, 2.05) is 43.3 Å². The molecule has 0 radical (unpaired) electrons. The van der Waals surface area contributed by atoms with Crippen molar-refractivity contribution in [1.29, 1.82) is 0 Å². The lowest BCUT2D eigenvalue weighted by Gasteiger charge is -2.17. The van der Waals surface area contributed by atoms with Gasteiger partial charge in [-0.2, -0.15) is 0 Å². The summed E-state index contributed by atoms with van der Waals surface area (Å²) in [7, 11) is 0. The first-order chi connectivity index (χ1) is 16.7. The Labute approximate surface area is 204 Å². The van der Waals surface area contributed by atoms with Crippen molar-refractivity contribution < 1.29 is 24.5 Å². The number of hydrogen-bond acceptors (Lipinski definition) is 6. The Kier molecular flexibility index (Phi) is 5.81. The first-order valence-electron chi connectivity index (χ1n) is 11.7. The van der Waals surface area contributed by atoms with Gasteiger partial charge in [0.1, 0.15) is 6.61 Å². The standard InChI is InChI=1S/C28H28N2O5/c1-16-20(7-8-23(30-16)34-10-9-28(2,3)33)18-6-4-5-17(11-18)15-35-24-13-19-12-21-25(22(19)14-29-24)26(21)27(31)32/h4-8,11,13-14,21,33H,9-10,12,15H2,1-3H3,(H,31,32). The van der Waals surface area contributed by atoms with E-state index in [1.54, 1.807) is 20.0 Å². The van der Waals surface area contributed by atoms with Crippen molar-refractivity contribution in [2.24, 2.45) is 5.92 Å². The number of carbonyl (C=O) groups is 1. The lowest BCUT2D eigenvalue weighted by molar-refractivity contribution is -0.132. The number of fused-ring (bicyclic) bond motifs is 3. The molecule has 1 aromatic carbocycles. The van der Waals surface area contributed by atoms with Crippen LogP contribution in [0.15, 0.2) is 54.2 Å². The fourth-order valence-electron chi connectivity index (χ4n) is 4.57. The quantitative estimate of drug-likeness (QED) is 0.469. The van der Waals surface area contributed by atoms with Crippen LogP contribution in [0.1, 0.15) is 42.7 Å². The molecular formula is C28H28N2O5. The zero-order chi connectivity index (χ0) is 24.7. The number of carboxylic acid groups (broad SMARTS) is 1. The van der Waals surface area contributed by atoms with Gasteiger partial charge in [0.2, 0.25) is 11.8 Å². The van der Waals surface area contributed by atoms with E-state index in [4.69, 9.17) is 9.47 Å². The van der Waals surface area contributed by atoms with Crippen molar-refractivity contribution in [1.82, 2.24) is 9.97 Å². The number of benzene rings is 1. The average Bonchev–Trinajstić information content (AvgIpc) is 3.40. The number of allylic oxidation sites excluding steroid dienone is 1. The molecule has 0 saturated carbocycles. The molecule has 5 rings (SSSR count). The van der Waals surface area contributed by atoms with Gasteiger partial charge in [0.05, 0.1) is 12.2 Å². The fraction of sp³-hybridized carbons (Fsp3) is 0.321. The minimum Gasteiger partial charge on any atom is -0.478 e. The first kappa shape index (κ1) is 23.1. The smallest absolute Gasteiger partial charge is 0.332 e. The van der Waals surface area contributed by atoms with Crippen LogP contribution in [0.3, 0.4) is 0 Å². The van der Waals surface area contributed by atoms with Crippen LogP contribution < -0.4 is 9.47 Å². The minimum atomic E-state index is -0.825. The number of nitrogens with zero attached hydrogens (tertiary/aromatic N) is 2. The molecule has 7 nitrogen and oxygen atoms in total. The Morgan fingerprint density at radius 2 is 1.94 bits per heavy atom. The first-order valence-corrected chi connectivity index (χ1v) is 11.7. The van der Waals surface area contributed by atoms with Crippen LogP contribution in [0, 0.1) is 12.8 Å². The molecule has 1 atom stereocenters. The molecule has 2 aromatic heterocycles. The Morgan fingerprint density at radius 1 is 1.11 bits per heavy atom. The van der Waals surface area contributed by atoms with Crippen LogP contribution in [0.2, 0.25) is 0 Å². The van der Waals surface area contributed by atoms with E-state index >= 15 is 0 Å². The highest BCUT2D eigenvalue weighted by Gasteiger charge is 2.47. The van der Waals surface area contributed by atoms with Crippen molar-refractivity contribution in [2.75, 3.05) is 6.61 Å². The number of aliphatic carboxylic acids is 1. The van der Waals surface area contributed by atoms with E-state index in [9.17, 15) is 15.0 Å². The van der Waals surface area contributed by atoms with Crippen LogP contribution in [0.25, 0.3) is 16.7 Å². The maximum atomic E-state index is 11.2. The van der Waals surface area contributed by atoms with Crippen molar-refractivity contribution in [3.05, 3.63) is 76.6 Å². The summed E-state index contributed by atoms with van der Waals surface area (Å²) in [5.41, 5.74) is 6.64. The van der Waals surface area contributed by atoms with Gasteiger partial charge in [-0.15, -0.1) is 0 Å². The van der Waals surface area contributed by atoms with Crippen LogP contribution in [0.5, 0.6) is 11.8 Å². The summed E-state index contributed by atoms with van der Waals surface area (Å²) in [6, 6.07) is 13.9. The molecule has 7 heteroatoms. The number of carboxylic acids is 1. The third kappa shape index (κ3) is 4.91. The van der Waals surface area contributed by atoms with Gasteiger partial charge in [0.25, 0.3) is 0 Å². The number of aromatic nitrogens is 2. The molecule has 35 heavy (non-hydrogen) atoms. The van der Waals surface area contributed by atoms with E-state index in [1.165, 1.54) is 0 Å². The second kappa shape index (κ2) is 8.82. The van der Waals surface area contributed by atoms with Gasteiger partial charge in [-0.05, 0) is 61.6 Å². The SMILES string of the molecule is Cc1nc(OCCC(C)(C)O)ccc1-c1cccc(COc2cc3c(cn2)C2=C(C(=O)O)C2C3)c1. The number of rotatable bonds is 9. The minimum absolute atomic E-state index is 0.0476. The van der Waals surface area contributed by atoms with Crippen molar-refractivity contribution >= 4 is 11.5 Å². The highest BCUT2D eigenvalue weighted by atomic mass is 16.5. The summed E-state index contributed by atoms with van der Waals surface area (Å²) in [5.74, 6) is 0.306. The van der Waals surface area contributed by atoms with Gasteiger partial charge in [0.15, 0.2) is 0 Å². The number of ether oxygens (including phenoxy) is 2. The van der Waals surface area contributed by atoms with Crippen LogP contribution >= 0.6 is 0 Å². The van der Waals surface area contributed by atoms with E-state index in [-0.39, 0.29) is 5.92 Å². The van der Waals surface area contributed by atoms with E-state index in [2.05, 4.69) is 16.0 Å². The third-order valence-electron chi connectivity index (χ3n) is 6.46. The van der Waals surface area contributed by atoms with Crippen LogP contribution in [0.4, 0.5) is 0 Å². The van der Waals surface area contributed by atoms with Crippen molar-refractivity contribution in [2.45, 2.75) is 45.8 Å². The molecule has 180 valence electrons. The molecule has 0 saturated heterocycles. The maximum absolute atomic E-state index is 11.2. The molecule has 0 fully saturated rings. The molecule has 0 aliphatic heterocycles. The summed E-state index contributed by atoms with van der Waals surface area (Å²) in [5, 5.41) is 19.1. The van der Waals surface area contributed by atoms with E-state index in [0.717, 1.165) is 39.1 Å². The molecule has 2 N–H and O–H groups in total. The Bertz CT molecular complexity index is 1340. The summed E-state index contributed by atoms with van der Waals surface area (Å²) in [6.45, 7) is 6.23. The molecule has 2 aliphatic rings. The van der Waals surface area contributed by atoms with Crippen molar-refractivity contribution in [3.63, 3.8) is 0 Å². The van der Waals surface area contributed by atoms with Gasteiger partial charge in [0, 0.05) is 53.1 Å². The normalized spacial score (nSPS) is 16.1. The van der Waals surface area contributed by atoms with Gasteiger partial charge in [-0.25, -0.2) is 14.8 Å². The second-order valence-corrected chi connectivity index (χ2v) is 9.75. The Morgan fingerprint density at radius 3 is 2.69 bits per heavy atom. The second-order valence-electron chi connectivity index (χ2n) is 9.75. The van der Waals surface area contributed by atoms with Gasteiger partial charge < -0.3 is 19.7 Å². The number of aryl methyl sites for hydroxylation is 1. The topological polar surface area (TPSA) is 102 Å². The molecule has 2 heterocycles. The van der Waals surface area contributed by atoms with Gasteiger partial charge in [-0.1, -0.05) is 18.2 Å². The molecule has 1 unspecified atom stereocenters. The Balaban J connectivity index is 1.24. The van der Waals surface area contributed by atoms with Gasteiger partial charge in [-0.3, -0.25) is 0 Å². The summed E-state index contributed by atoms with van der Waals surface area (Å²) in [6.07, 6.45) is 2.97. The largest absolute Gasteiger partial charge is 0.478 e. The highest BCUT2D eigenvalue weighted by Crippen LogP contribution is 2.55. The lowest BCUT2D eigenvalue weighted by atomic mass is 10.0. The summed E-state index contributed by atoms with van der Waals surface area (Å²) >= 11 is 0. The zero-order valence-electron chi connectivity index (χ0n) is 20.0. The zero-order valence-corrected chi connectivity index (χ0v) is 20.0. The molecule has 3 aromatic rings. The summed E-state index contributed by atoms with van der Waals surface area (Å²) < 4.78 is 11.6. The Hall–Kier alpha value is -3.71. The molecule has 0 amide bonds. The predicted molar refractivity (Wildman–Crippen MR) is 131 cm³/mol. The van der Waals surface area contributed by atoms with Crippen LogP contribution in [-0.2, 0) is 17.8 Å². The third-order valence-corrected chi connectivity index (χ3v) is 6.46. The molecule has 2 aliphatic carbocycles. The molecular weight excluding hydrogens is 444 g/mol. The highest BCUT2D eigenvalue weighted by molar-refractivity contribution is 6.11. The molecule has 0 spiro atoms. The maximum Gasteiger partial charge on any atom is 0.332 e. The van der Waals surface area contributed by atoms with Crippen molar-refractivity contribution in [3.8, 4) is 22.9 Å². The van der Waals surface area contributed by atoms with Gasteiger partial charge >= 0.3 is 5.97 Å².